The zero-order chi connectivity index (χ0) is 16.2. The van der Waals surface area contributed by atoms with E-state index in [0.717, 1.165) is 31.1 Å². The van der Waals surface area contributed by atoms with Crippen LogP contribution in [0.4, 0.5) is 0 Å². The number of hydrogen-bond acceptors (Lipinski definition) is 5. The zero-order valence-electron chi connectivity index (χ0n) is 13.2. The Kier molecular flexibility index (Phi) is 4.65. The smallest absolute Gasteiger partial charge is 0.336 e. The quantitative estimate of drug-likeness (QED) is 0.638. The largest absolute Gasteiger partial charge is 0.497 e. The molecule has 0 saturated heterocycles. The van der Waals surface area contributed by atoms with Crippen molar-refractivity contribution in [2.75, 3.05) is 7.11 Å². The summed E-state index contributed by atoms with van der Waals surface area (Å²) in [4.78, 5) is 23.9. The first-order chi connectivity index (χ1) is 11.2. The molecular weight excluding hydrogens is 296 g/mol. The van der Waals surface area contributed by atoms with E-state index in [4.69, 9.17) is 13.9 Å². The van der Waals surface area contributed by atoms with Gasteiger partial charge in [-0.05, 0) is 25.0 Å². The second kappa shape index (κ2) is 6.86. The summed E-state index contributed by atoms with van der Waals surface area (Å²) < 4.78 is 15.8. The fourth-order valence-corrected chi connectivity index (χ4v) is 3.06. The van der Waals surface area contributed by atoms with E-state index >= 15 is 0 Å². The maximum absolute atomic E-state index is 12.1. The summed E-state index contributed by atoms with van der Waals surface area (Å²) in [6, 6.07) is 6.63. The summed E-state index contributed by atoms with van der Waals surface area (Å²) in [5, 5.41) is 0.752. The summed E-state index contributed by atoms with van der Waals surface area (Å²) in [7, 11) is 1.55. The number of fused-ring (bicyclic) bond motifs is 1. The lowest BCUT2D eigenvalue weighted by Crippen LogP contribution is -2.20. The van der Waals surface area contributed by atoms with Crippen LogP contribution in [0.25, 0.3) is 11.0 Å². The van der Waals surface area contributed by atoms with E-state index in [0.29, 0.717) is 16.9 Å². The topological polar surface area (TPSA) is 65.7 Å². The van der Waals surface area contributed by atoms with Crippen LogP contribution in [0.1, 0.15) is 37.7 Å². The first-order valence-corrected chi connectivity index (χ1v) is 7.95. The van der Waals surface area contributed by atoms with Crippen LogP contribution in [0, 0.1) is 5.92 Å². The molecule has 23 heavy (non-hydrogen) atoms. The molecule has 1 aromatic carbocycles. The van der Waals surface area contributed by atoms with Crippen molar-refractivity contribution in [1.82, 2.24) is 0 Å². The predicted molar refractivity (Wildman–Crippen MR) is 85.4 cm³/mol. The Hall–Kier alpha value is -2.30. The second-order valence-electron chi connectivity index (χ2n) is 5.90. The lowest BCUT2D eigenvalue weighted by atomic mass is 9.89. The normalized spacial score (nSPS) is 15.5. The van der Waals surface area contributed by atoms with Gasteiger partial charge in [-0.25, -0.2) is 4.79 Å². The lowest BCUT2D eigenvalue weighted by molar-refractivity contribution is -0.151. The van der Waals surface area contributed by atoms with Crippen LogP contribution >= 0.6 is 0 Å². The number of hydrogen-bond donors (Lipinski definition) is 0. The van der Waals surface area contributed by atoms with Crippen molar-refractivity contribution >= 4 is 16.9 Å². The van der Waals surface area contributed by atoms with Crippen molar-refractivity contribution in [3.8, 4) is 5.75 Å². The highest BCUT2D eigenvalue weighted by atomic mass is 16.5. The number of rotatable bonds is 4. The SMILES string of the molecule is COc1ccc2c(COC(=O)C3CCCCC3)cc(=O)oc2c1. The Morgan fingerprint density at radius 3 is 2.74 bits per heavy atom. The van der Waals surface area contributed by atoms with E-state index in [9.17, 15) is 9.59 Å². The Morgan fingerprint density at radius 1 is 1.22 bits per heavy atom. The van der Waals surface area contributed by atoms with Gasteiger partial charge in [0.15, 0.2) is 0 Å². The minimum atomic E-state index is -0.463. The van der Waals surface area contributed by atoms with E-state index in [-0.39, 0.29) is 18.5 Å². The average Bonchev–Trinajstić information content (AvgIpc) is 2.59. The van der Waals surface area contributed by atoms with Gasteiger partial charge in [-0.1, -0.05) is 19.3 Å². The van der Waals surface area contributed by atoms with E-state index in [1.165, 1.54) is 12.5 Å². The highest BCUT2D eigenvalue weighted by Gasteiger charge is 2.22. The van der Waals surface area contributed by atoms with Crippen molar-refractivity contribution in [3.63, 3.8) is 0 Å². The third-order valence-corrected chi connectivity index (χ3v) is 4.35. The molecule has 122 valence electrons. The molecule has 3 rings (SSSR count). The number of esters is 1. The van der Waals surface area contributed by atoms with Crippen molar-refractivity contribution < 1.29 is 18.7 Å². The van der Waals surface area contributed by atoms with E-state index in [2.05, 4.69) is 0 Å². The Morgan fingerprint density at radius 2 is 2.00 bits per heavy atom. The van der Waals surface area contributed by atoms with Gasteiger partial charge in [0.2, 0.25) is 0 Å². The monoisotopic (exact) mass is 316 g/mol. The molecule has 1 heterocycles. The van der Waals surface area contributed by atoms with Gasteiger partial charge in [0.1, 0.15) is 17.9 Å². The van der Waals surface area contributed by atoms with Gasteiger partial charge in [-0.3, -0.25) is 4.79 Å². The molecule has 1 aliphatic carbocycles. The second-order valence-corrected chi connectivity index (χ2v) is 5.90. The summed E-state index contributed by atoms with van der Waals surface area (Å²) in [6.07, 6.45) is 5.15. The van der Waals surface area contributed by atoms with Gasteiger partial charge in [-0.15, -0.1) is 0 Å². The Balaban J connectivity index is 1.79. The first kappa shape index (κ1) is 15.6. The Bertz CT molecular complexity index is 756. The van der Waals surface area contributed by atoms with Gasteiger partial charge >= 0.3 is 11.6 Å². The molecule has 0 radical (unpaired) electrons. The molecule has 5 nitrogen and oxygen atoms in total. The molecule has 2 aromatic rings. The highest BCUT2D eigenvalue weighted by molar-refractivity contribution is 5.82. The molecule has 0 spiro atoms. The number of methoxy groups -OCH3 is 1. The van der Waals surface area contributed by atoms with Gasteiger partial charge in [0, 0.05) is 23.1 Å². The molecule has 1 aliphatic rings. The standard InChI is InChI=1S/C18H20O5/c1-21-14-7-8-15-13(9-17(19)23-16(15)10-14)11-22-18(20)12-5-3-2-4-6-12/h7-10,12H,2-6,11H2,1H3. The van der Waals surface area contributed by atoms with E-state index < -0.39 is 5.63 Å². The van der Waals surface area contributed by atoms with E-state index in [1.54, 1.807) is 25.3 Å². The van der Waals surface area contributed by atoms with Crippen molar-refractivity contribution in [2.45, 2.75) is 38.7 Å². The summed E-state index contributed by atoms with van der Waals surface area (Å²) in [6.45, 7) is 0.0871. The van der Waals surface area contributed by atoms with Crippen LogP contribution in [0.15, 0.2) is 33.5 Å². The average molecular weight is 316 g/mol. The maximum Gasteiger partial charge on any atom is 0.336 e. The summed E-state index contributed by atoms with van der Waals surface area (Å²) in [5.74, 6) is 0.437. The molecular formula is C18H20O5. The molecule has 0 bridgehead atoms. The minimum absolute atomic E-state index is 0.00442. The Labute approximate surface area is 134 Å². The first-order valence-electron chi connectivity index (χ1n) is 7.95. The van der Waals surface area contributed by atoms with Gasteiger partial charge in [0.25, 0.3) is 0 Å². The molecule has 0 N–H and O–H groups in total. The van der Waals surface area contributed by atoms with Gasteiger partial charge in [0.05, 0.1) is 13.0 Å². The van der Waals surface area contributed by atoms with Crippen molar-refractivity contribution in [3.05, 3.63) is 40.2 Å². The highest BCUT2D eigenvalue weighted by Crippen LogP contribution is 2.26. The van der Waals surface area contributed by atoms with Crippen molar-refractivity contribution in [2.24, 2.45) is 5.92 Å². The lowest BCUT2D eigenvalue weighted by Gasteiger charge is -2.20. The van der Waals surface area contributed by atoms with E-state index in [1.807, 2.05) is 0 Å². The molecule has 0 atom stereocenters. The fourth-order valence-electron chi connectivity index (χ4n) is 3.06. The van der Waals surface area contributed by atoms with Crippen molar-refractivity contribution in [1.29, 1.82) is 0 Å². The maximum atomic E-state index is 12.1. The summed E-state index contributed by atoms with van der Waals surface area (Å²) in [5.41, 5.74) is 0.623. The zero-order valence-corrected chi connectivity index (χ0v) is 13.2. The fraction of sp³-hybridized carbons (Fsp3) is 0.444. The summed E-state index contributed by atoms with van der Waals surface area (Å²) >= 11 is 0. The van der Waals surface area contributed by atoms with Gasteiger partial charge < -0.3 is 13.9 Å². The van der Waals surface area contributed by atoms with Crippen LogP contribution in [0.2, 0.25) is 0 Å². The molecule has 0 aliphatic heterocycles. The van der Waals surface area contributed by atoms with Crippen LogP contribution in [0.3, 0.4) is 0 Å². The third kappa shape index (κ3) is 3.55. The minimum Gasteiger partial charge on any atom is -0.497 e. The molecule has 1 saturated carbocycles. The molecule has 5 heteroatoms. The molecule has 0 amide bonds. The number of benzene rings is 1. The molecule has 1 aromatic heterocycles. The van der Waals surface area contributed by atoms with Crippen LogP contribution in [0.5, 0.6) is 5.75 Å². The number of carbonyl (C=O) groups excluding carboxylic acids is 1. The van der Waals surface area contributed by atoms with Crippen LogP contribution < -0.4 is 10.4 Å². The number of carbonyl (C=O) groups is 1. The van der Waals surface area contributed by atoms with Gasteiger partial charge in [-0.2, -0.15) is 0 Å². The predicted octanol–water partition coefficient (Wildman–Crippen LogP) is 3.43. The third-order valence-electron chi connectivity index (χ3n) is 4.35. The molecule has 1 fully saturated rings. The van der Waals surface area contributed by atoms with Crippen LogP contribution in [-0.4, -0.2) is 13.1 Å². The number of ether oxygens (including phenoxy) is 2. The molecule has 0 unspecified atom stereocenters. The van der Waals surface area contributed by atoms with Crippen LogP contribution in [-0.2, 0) is 16.1 Å².